The van der Waals surface area contributed by atoms with Crippen LogP contribution in [0.3, 0.4) is 0 Å². The molecule has 0 unspecified atom stereocenters. The summed E-state index contributed by atoms with van der Waals surface area (Å²) in [6, 6.07) is 5.13. The first-order valence-electron chi connectivity index (χ1n) is 5.68. The van der Waals surface area contributed by atoms with Crippen LogP contribution in [0.4, 0.5) is 5.69 Å². The third-order valence-corrected chi connectivity index (χ3v) is 3.78. The second-order valence-corrected chi connectivity index (χ2v) is 5.14. The van der Waals surface area contributed by atoms with Crippen molar-refractivity contribution in [2.45, 2.75) is 6.42 Å². The highest BCUT2D eigenvalue weighted by molar-refractivity contribution is 8.14. The Labute approximate surface area is 108 Å². The van der Waals surface area contributed by atoms with Gasteiger partial charge in [0.1, 0.15) is 0 Å². The maximum Gasteiger partial charge on any atom is 0.259 e. The number of amidine groups is 1. The number of rotatable bonds is 1. The highest BCUT2D eigenvalue weighted by Gasteiger charge is 2.26. The predicted octanol–water partition coefficient (Wildman–Crippen LogP) is 1.47. The van der Waals surface area contributed by atoms with Crippen molar-refractivity contribution in [2.24, 2.45) is 4.99 Å². The molecule has 2 aliphatic rings. The molecule has 1 aromatic rings. The number of fused-ring (bicyclic) bond motifs is 1. The Morgan fingerprint density at radius 1 is 1.22 bits per heavy atom. The number of hydrogen-bond acceptors (Lipinski definition) is 5. The molecule has 0 fully saturated rings. The molecule has 92 valence electrons. The topological polar surface area (TPSA) is 70.6 Å². The summed E-state index contributed by atoms with van der Waals surface area (Å²) in [5.74, 6) is 0.387. The van der Waals surface area contributed by atoms with Crippen molar-refractivity contribution in [3.05, 3.63) is 29.3 Å². The fourth-order valence-corrected chi connectivity index (χ4v) is 2.74. The average Bonchev–Trinajstić information content (AvgIpc) is 2.66. The van der Waals surface area contributed by atoms with E-state index in [2.05, 4.69) is 15.6 Å². The number of hydrogen-bond donors (Lipinski definition) is 2. The molecule has 0 radical (unpaired) electrons. The predicted molar refractivity (Wildman–Crippen MR) is 71.2 cm³/mol. The largest absolute Gasteiger partial charge is 0.335 e. The summed E-state index contributed by atoms with van der Waals surface area (Å²) >= 11 is 1.66. The summed E-state index contributed by atoms with van der Waals surface area (Å²) in [5, 5.41) is 6.31. The van der Waals surface area contributed by atoms with E-state index in [9.17, 15) is 9.59 Å². The second kappa shape index (κ2) is 4.45. The highest BCUT2D eigenvalue weighted by atomic mass is 32.2. The molecule has 2 aliphatic heterocycles. The van der Waals surface area contributed by atoms with E-state index in [1.165, 1.54) is 0 Å². The number of nitrogens with zero attached hydrogens (tertiary/aromatic N) is 1. The van der Waals surface area contributed by atoms with Crippen LogP contribution >= 0.6 is 11.8 Å². The smallest absolute Gasteiger partial charge is 0.259 e. The zero-order valence-corrected chi connectivity index (χ0v) is 10.3. The number of carbonyl (C=O) groups excluding carboxylic acids is 2. The lowest BCUT2D eigenvalue weighted by molar-refractivity contribution is 0.0879. The zero-order valence-electron chi connectivity index (χ0n) is 9.53. The number of amides is 2. The van der Waals surface area contributed by atoms with Gasteiger partial charge in [-0.2, -0.15) is 0 Å². The molecule has 2 N–H and O–H groups in total. The molecule has 2 heterocycles. The number of imide groups is 1. The van der Waals surface area contributed by atoms with Crippen LogP contribution in [0, 0.1) is 0 Å². The molecule has 0 bridgehead atoms. The molecule has 0 aromatic heterocycles. The summed E-state index contributed by atoms with van der Waals surface area (Å²) in [7, 11) is 0. The van der Waals surface area contributed by atoms with Crippen molar-refractivity contribution in [3.63, 3.8) is 0 Å². The molecule has 1 aromatic carbocycles. The lowest BCUT2D eigenvalue weighted by atomic mass is 10.1. The normalized spacial score (nSPS) is 18.1. The Morgan fingerprint density at radius 3 is 2.83 bits per heavy atom. The van der Waals surface area contributed by atoms with Gasteiger partial charge in [0, 0.05) is 18.0 Å². The lowest BCUT2D eigenvalue weighted by Gasteiger charge is -2.13. The van der Waals surface area contributed by atoms with E-state index in [1.54, 1.807) is 30.0 Å². The standard InChI is InChI=1S/C12H11N3O2S/c16-10-8-3-2-7(6-9(8)11(17)15-10)14-12-13-4-1-5-18-12/h2-3,6H,1,4-5H2,(H,13,14)(H,15,16,17). The summed E-state index contributed by atoms with van der Waals surface area (Å²) in [5.41, 5.74) is 1.64. The SMILES string of the molecule is O=C1NC(=O)c2cc(NC3=NCCCS3)ccc21. The van der Waals surface area contributed by atoms with Crippen molar-refractivity contribution >= 4 is 34.4 Å². The van der Waals surface area contributed by atoms with Crippen LogP contribution in [0.15, 0.2) is 23.2 Å². The first-order chi connectivity index (χ1) is 8.74. The molecular weight excluding hydrogens is 250 g/mol. The van der Waals surface area contributed by atoms with Crippen molar-refractivity contribution < 1.29 is 9.59 Å². The van der Waals surface area contributed by atoms with Gasteiger partial charge in [0.15, 0.2) is 5.17 Å². The van der Waals surface area contributed by atoms with Gasteiger partial charge in [-0.15, -0.1) is 0 Å². The van der Waals surface area contributed by atoms with Crippen molar-refractivity contribution in [1.82, 2.24) is 5.32 Å². The van der Waals surface area contributed by atoms with E-state index < -0.39 is 0 Å². The number of nitrogens with one attached hydrogen (secondary N) is 2. The van der Waals surface area contributed by atoms with Crippen LogP contribution in [0.2, 0.25) is 0 Å². The summed E-state index contributed by atoms with van der Waals surface area (Å²) in [6.45, 7) is 0.833. The Hall–Kier alpha value is -1.82. The van der Waals surface area contributed by atoms with E-state index in [4.69, 9.17) is 0 Å². The first kappa shape index (κ1) is 11.3. The molecule has 3 rings (SSSR count). The highest BCUT2D eigenvalue weighted by Crippen LogP contribution is 2.22. The summed E-state index contributed by atoms with van der Waals surface area (Å²) in [6.07, 6.45) is 1.09. The first-order valence-corrected chi connectivity index (χ1v) is 6.66. The zero-order chi connectivity index (χ0) is 12.5. The van der Waals surface area contributed by atoms with Crippen LogP contribution in [-0.4, -0.2) is 29.3 Å². The van der Waals surface area contributed by atoms with Crippen molar-refractivity contribution in [2.75, 3.05) is 17.6 Å². The molecular formula is C12H11N3O2S. The lowest BCUT2D eigenvalue weighted by Crippen LogP contribution is -2.19. The monoisotopic (exact) mass is 261 g/mol. The third-order valence-electron chi connectivity index (χ3n) is 2.78. The molecule has 6 heteroatoms. The molecule has 18 heavy (non-hydrogen) atoms. The Bertz CT molecular complexity index is 568. The van der Waals surface area contributed by atoms with Gasteiger partial charge in [-0.3, -0.25) is 19.9 Å². The molecule has 0 aliphatic carbocycles. The maximum atomic E-state index is 11.5. The van der Waals surface area contributed by atoms with E-state index in [0.717, 1.165) is 29.6 Å². The van der Waals surface area contributed by atoms with Gasteiger partial charge in [-0.05, 0) is 24.6 Å². The van der Waals surface area contributed by atoms with Crippen LogP contribution < -0.4 is 10.6 Å². The molecule has 0 atom stereocenters. The minimum atomic E-state index is -0.336. The minimum Gasteiger partial charge on any atom is -0.335 e. The number of carbonyl (C=O) groups is 2. The van der Waals surface area contributed by atoms with E-state index >= 15 is 0 Å². The van der Waals surface area contributed by atoms with E-state index in [1.807, 2.05) is 0 Å². The van der Waals surface area contributed by atoms with Gasteiger partial charge < -0.3 is 5.32 Å². The van der Waals surface area contributed by atoms with Gasteiger partial charge in [0.05, 0.1) is 11.1 Å². The van der Waals surface area contributed by atoms with E-state index in [-0.39, 0.29) is 11.8 Å². The maximum absolute atomic E-state index is 11.5. The van der Waals surface area contributed by atoms with Gasteiger partial charge in [-0.25, -0.2) is 0 Å². The van der Waals surface area contributed by atoms with Gasteiger partial charge in [-0.1, -0.05) is 11.8 Å². The van der Waals surface area contributed by atoms with Crippen LogP contribution in [0.5, 0.6) is 0 Å². The van der Waals surface area contributed by atoms with Crippen LogP contribution in [0.25, 0.3) is 0 Å². The van der Waals surface area contributed by atoms with Gasteiger partial charge >= 0.3 is 0 Å². The fraction of sp³-hybridized carbons (Fsp3) is 0.250. The van der Waals surface area contributed by atoms with Gasteiger partial charge in [0.2, 0.25) is 0 Å². The van der Waals surface area contributed by atoms with E-state index in [0.29, 0.717) is 11.1 Å². The number of aliphatic imine (C=N–C) groups is 1. The van der Waals surface area contributed by atoms with Crippen molar-refractivity contribution in [3.8, 4) is 0 Å². The Kier molecular flexibility index (Phi) is 2.79. The third kappa shape index (κ3) is 1.99. The number of thioether (sulfide) groups is 1. The Morgan fingerprint density at radius 2 is 2.06 bits per heavy atom. The Balaban J connectivity index is 1.87. The van der Waals surface area contributed by atoms with Crippen LogP contribution in [0.1, 0.15) is 27.1 Å². The molecule has 0 spiro atoms. The molecule has 2 amide bonds. The summed E-state index contributed by atoms with van der Waals surface area (Å²) < 4.78 is 0. The minimum absolute atomic E-state index is 0.328. The summed E-state index contributed by atoms with van der Waals surface area (Å²) in [4.78, 5) is 27.3. The van der Waals surface area contributed by atoms with Crippen LogP contribution in [-0.2, 0) is 0 Å². The molecule has 0 saturated heterocycles. The number of benzene rings is 1. The quantitative estimate of drug-likeness (QED) is 0.751. The second-order valence-electron chi connectivity index (χ2n) is 4.06. The van der Waals surface area contributed by atoms with Crippen molar-refractivity contribution in [1.29, 1.82) is 0 Å². The number of anilines is 1. The average molecular weight is 261 g/mol. The molecule has 5 nitrogen and oxygen atoms in total. The fourth-order valence-electron chi connectivity index (χ4n) is 1.90. The molecule has 0 saturated carbocycles. The van der Waals surface area contributed by atoms with Gasteiger partial charge in [0.25, 0.3) is 11.8 Å².